The fraction of sp³-hybridized carbons (Fsp3) is 0.500. The quantitative estimate of drug-likeness (QED) is 0.592. The molecule has 1 aromatic rings. The number of anilines is 1. The Morgan fingerprint density at radius 3 is 2.46 bits per heavy atom. The molecule has 2 N–H and O–H groups in total. The lowest BCUT2D eigenvalue weighted by molar-refractivity contribution is -0.384. The predicted molar refractivity (Wildman–Crippen MR) is 89.5 cm³/mol. The summed E-state index contributed by atoms with van der Waals surface area (Å²) < 4.78 is 31.1. The van der Waals surface area contributed by atoms with Gasteiger partial charge in [-0.3, -0.25) is 14.8 Å². The van der Waals surface area contributed by atoms with E-state index in [9.17, 15) is 23.3 Å². The van der Waals surface area contributed by atoms with E-state index in [4.69, 9.17) is 4.74 Å². The molecule has 0 aliphatic carbocycles. The SMILES string of the molecule is Cc1cc([N+](=O)[O-])ccc1NS(=O)(=O)CCOC(=O)NC(C)(C)C. The molecule has 0 saturated carbocycles. The molecule has 10 heteroatoms. The number of carbonyl (C=O) groups is 1. The van der Waals surface area contributed by atoms with Crippen molar-refractivity contribution >= 4 is 27.5 Å². The van der Waals surface area contributed by atoms with Crippen molar-refractivity contribution in [3.8, 4) is 0 Å². The van der Waals surface area contributed by atoms with Crippen LogP contribution in [0.15, 0.2) is 18.2 Å². The van der Waals surface area contributed by atoms with E-state index >= 15 is 0 Å². The smallest absolute Gasteiger partial charge is 0.407 e. The van der Waals surface area contributed by atoms with E-state index in [0.29, 0.717) is 5.56 Å². The number of rotatable bonds is 6. The number of nitrogens with zero attached hydrogens (tertiary/aromatic N) is 1. The molecule has 1 aromatic carbocycles. The molecule has 0 aliphatic rings. The third-order valence-corrected chi connectivity index (χ3v) is 3.98. The largest absolute Gasteiger partial charge is 0.448 e. The average molecular weight is 359 g/mol. The van der Waals surface area contributed by atoms with E-state index in [2.05, 4.69) is 10.0 Å². The number of alkyl carbamates (subject to hydrolysis) is 1. The van der Waals surface area contributed by atoms with Gasteiger partial charge in [0.1, 0.15) is 12.4 Å². The van der Waals surface area contributed by atoms with Gasteiger partial charge in [0.05, 0.1) is 10.6 Å². The van der Waals surface area contributed by atoms with Crippen LogP contribution in [0.4, 0.5) is 16.2 Å². The van der Waals surface area contributed by atoms with Gasteiger partial charge < -0.3 is 10.1 Å². The Bertz CT molecular complexity index is 725. The van der Waals surface area contributed by atoms with Crippen LogP contribution in [0.3, 0.4) is 0 Å². The van der Waals surface area contributed by atoms with Crippen LogP contribution in [0.5, 0.6) is 0 Å². The Morgan fingerprint density at radius 2 is 1.96 bits per heavy atom. The number of amides is 1. The highest BCUT2D eigenvalue weighted by molar-refractivity contribution is 7.92. The zero-order valence-electron chi connectivity index (χ0n) is 14.0. The van der Waals surface area contributed by atoms with E-state index in [0.717, 1.165) is 0 Å². The van der Waals surface area contributed by atoms with Crippen molar-refractivity contribution in [3.05, 3.63) is 33.9 Å². The van der Waals surface area contributed by atoms with Crippen LogP contribution in [0.1, 0.15) is 26.3 Å². The van der Waals surface area contributed by atoms with Gasteiger partial charge in [0.15, 0.2) is 0 Å². The fourth-order valence-electron chi connectivity index (χ4n) is 1.68. The monoisotopic (exact) mass is 359 g/mol. The number of nitro benzene ring substituents is 1. The number of non-ortho nitro benzene ring substituents is 1. The van der Waals surface area contributed by atoms with Gasteiger partial charge in [0.25, 0.3) is 5.69 Å². The van der Waals surface area contributed by atoms with Crippen LogP contribution in [0, 0.1) is 17.0 Å². The summed E-state index contributed by atoms with van der Waals surface area (Å²) in [5.41, 5.74) is 0.0425. The maximum atomic E-state index is 12.0. The van der Waals surface area contributed by atoms with Crippen molar-refractivity contribution in [2.75, 3.05) is 17.1 Å². The van der Waals surface area contributed by atoms with Crippen LogP contribution < -0.4 is 10.0 Å². The second-order valence-corrected chi connectivity index (χ2v) is 8.03. The molecule has 0 aromatic heterocycles. The number of benzene rings is 1. The van der Waals surface area contributed by atoms with Gasteiger partial charge in [-0.05, 0) is 39.3 Å². The van der Waals surface area contributed by atoms with Crippen LogP contribution in [0.2, 0.25) is 0 Å². The third kappa shape index (κ3) is 6.82. The van der Waals surface area contributed by atoms with E-state index in [1.807, 2.05) is 0 Å². The Balaban J connectivity index is 2.61. The molecule has 0 bridgehead atoms. The van der Waals surface area contributed by atoms with Gasteiger partial charge in [0, 0.05) is 17.7 Å². The lowest BCUT2D eigenvalue weighted by atomic mass is 10.1. The predicted octanol–water partition coefficient (Wildman–Crippen LogP) is 2.17. The standard InChI is InChI=1S/C14H21N3O6S/c1-10-9-11(17(19)20)5-6-12(10)16-24(21,22)8-7-23-13(18)15-14(2,3)4/h5-6,9,16H,7-8H2,1-4H3,(H,15,18). The minimum atomic E-state index is -3.75. The fourth-order valence-corrected chi connectivity index (χ4v) is 2.65. The highest BCUT2D eigenvalue weighted by Gasteiger charge is 2.17. The van der Waals surface area contributed by atoms with Gasteiger partial charge >= 0.3 is 6.09 Å². The summed E-state index contributed by atoms with van der Waals surface area (Å²) in [5, 5.41) is 13.2. The van der Waals surface area contributed by atoms with Gasteiger partial charge in [0.2, 0.25) is 10.0 Å². The highest BCUT2D eigenvalue weighted by Crippen LogP contribution is 2.22. The first-order valence-electron chi connectivity index (χ1n) is 7.10. The van der Waals surface area contributed by atoms with Gasteiger partial charge in [-0.25, -0.2) is 13.2 Å². The molecular formula is C14H21N3O6S. The van der Waals surface area contributed by atoms with E-state index in [1.54, 1.807) is 27.7 Å². The third-order valence-electron chi connectivity index (χ3n) is 2.75. The Kier molecular flexibility index (Phi) is 6.13. The first kappa shape index (κ1) is 19.7. The summed E-state index contributed by atoms with van der Waals surface area (Å²) in [6.45, 7) is 6.54. The molecule has 24 heavy (non-hydrogen) atoms. The minimum Gasteiger partial charge on any atom is -0.448 e. The summed E-state index contributed by atoms with van der Waals surface area (Å²) in [6, 6.07) is 3.79. The van der Waals surface area contributed by atoms with E-state index < -0.39 is 32.3 Å². The zero-order chi connectivity index (χ0) is 18.5. The summed E-state index contributed by atoms with van der Waals surface area (Å²) >= 11 is 0. The molecule has 9 nitrogen and oxygen atoms in total. The van der Waals surface area contributed by atoms with Crippen LogP contribution in [-0.4, -0.2) is 37.3 Å². The first-order chi connectivity index (χ1) is 10.9. The van der Waals surface area contributed by atoms with Gasteiger partial charge in [-0.2, -0.15) is 0 Å². The van der Waals surface area contributed by atoms with Crippen molar-refractivity contribution in [2.45, 2.75) is 33.2 Å². The number of aryl methyl sites for hydroxylation is 1. The van der Waals surface area contributed by atoms with Gasteiger partial charge in [-0.1, -0.05) is 0 Å². The number of nitro groups is 1. The Morgan fingerprint density at radius 1 is 1.33 bits per heavy atom. The van der Waals surface area contributed by atoms with Crippen molar-refractivity contribution < 1.29 is 22.9 Å². The summed E-state index contributed by atoms with van der Waals surface area (Å²) in [5.74, 6) is -0.430. The Hall–Kier alpha value is -2.36. The lowest BCUT2D eigenvalue weighted by Crippen LogP contribution is -2.41. The van der Waals surface area contributed by atoms with E-state index in [1.165, 1.54) is 18.2 Å². The second-order valence-electron chi connectivity index (χ2n) is 6.19. The molecule has 0 radical (unpaired) electrons. The van der Waals surface area contributed by atoms with Gasteiger partial charge in [-0.15, -0.1) is 0 Å². The van der Waals surface area contributed by atoms with Crippen LogP contribution in [0.25, 0.3) is 0 Å². The van der Waals surface area contributed by atoms with Crippen molar-refractivity contribution in [1.29, 1.82) is 0 Å². The van der Waals surface area contributed by atoms with E-state index in [-0.39, 0.29) is 18.0 Å². The lowest BCUT2D eigenvalue weighted by Gasteiger charge is -2.20. The molecule has 0 unspecified atom stereocenters. The number of hydrogen-bond donors (Lipinski definition) is 2. The molecule has 134 valence electrons. The normalized spacial score (nSPS) is 11.7. The molecular weight excluding hydrogens is 338 g/mol. The van der Waals surface area contributed by atoms with Crippen molar-refractivity contribution in [1.82, 2.24) is 5.32 Å². The highest BCUT2D eigenvalue weighted by atomic mass is 32.2. The molecule has 1 amide bonds. The summed E-state index contributed by atoms with van der Waals surface area (Å²) in [6.07, 6.45) is -0.704. The number of ether oxygens (including phenoxy) is 1. The topological polar surface area (TPSA) is 128 Å². The number of sulfonamides is 1. The minimum absolute atomic E-state index is 0.127. The van der Waals surface area contributed by atoms with Crippen molar-refractivity contribution in [3.63, 3.8) is 0 Å². The molecule has 1 rings (SSSR count). The molecule has 0 atom stereocenters. The summed E-state index contributed by atoms with van der Waals surface area (Å²) in [7, 11) is -3.75. The zero-order valence-corrected chi connectivity index (χ0v) is 14.8. The second kappa shape index (κ2) is 7.47. The maximum Gasteiger partial charge on any atom is 0.407 e. The molecule has 0 aliphatic heterocycles. The Labute approximate surface area is 140 Å². The number of carbonyl (C=O) groups excluding carboxylic acids is 1. The molecule has 0 spiro atoms. The van der Waals surface area contributed by atoms with Crippen LogP contribution in [-0.2, 0) is 14.8 Å². The van der Waals surface area contributed by atoms with Crippen molar-refractivity contribution in [2.24, 2.45) is 0 Å². The molecule has 0 heterocycles. The molecule has 0 saturated heterocycles. The number of hydrogen-bond acceptors (Lipinski definition) is 6. The molecule has 0 fully saturated rings. The summed E-state index contributed by atoms with van der Waals surface area (Å²) in [4.78, 5) is 21.5. The maximum absolute atomic E-state index is 12.0. The average Bonchev–Trinajstić information content (AvgIpc) is 2.38. The first-order valence-corrected chi connectivity index (χ1v) is 8.75. The number of nitrogens with one attached hydrogen (secondary N) is 2. The van der Waals surface area contributed by atoms with Crippen LogP contribution >= 0.6 is 0 Å².